The van der Waals surface area contributed by atoms with Crippen molar-refractivity contribution in [3.05, 3.63) is 303 Å². The minimum Gasteiger partial charge on any atom is -0.494 e. The fourth-order valence-corrected chi connectivity index (χ4v) is 14.4. The summed E-state index contributed by atoms with van der Waals surface area (Å²) in [6.45, 7) is 63.7. The van der Waals surface area contributed by atoms with Crippen molar-refractivity contribution in [2.75, 3.05) is 13.2 Å². The zero-order valence-electron chi connectivity index (χ0n) is 71.5. The molecule has 0 saturated heterocycles. The summed E-state index contributed by atoms with van der Waals surface area (Å²) in [5.41, 5.74) is 23.6. The van der Waals surface area contributed by atoms with Gasteiger partial charge < -0.3 is 19.7 Å². The normalized spacial score (nSPS) is 10.7. The van der Waals surface area contributed by atoms with E-state index in [1.807, 2.05) is 90.1 Å². The van der Waals surface area contributed by atoms with E-state index in [-0.39, 0.29) is 36.7 Å². The zero-order valence-corrected chi connectivity index (χ0v) is 73.0. The largest absolute Gasteiger partial charge is 0.494 e. The average Bonchev–Trinajstić information content (AvgIpc) is 0.810. The van der Waals surface area contributed by atoms with E-state index >= 15 is 0 Å². The van der Waals surface area contributed by atoms with Gasteiger partial charge in [0.1, 0.15) is 23.1 Å². The molecular formula is C99H140Cl2F2O4. The van der Waals surface area contributed by atoms with E-state index < -0.39 is 0 Å². The molecule has 0 aliphatic rings. The smallest absolute Gasteiger partial charge is 0.127 e. The van der Waals surface area contributed by atoms with E-state index in [9.17, 15) is 8.78 Å². The third kappa shape index (κ3) is 34.2. The van der Waals surface area contributed by atoms with E-state index in [1.54, 1.807) is 23.8 Å². The molecule has 2 N–H and O–H groups in total. The maximum atomic E-state index is 13.2. The monoisotopic (exact) mass is 1500 g/mol. The van der Waals surface area contributed by atoms with Crippen LogP contribution in [-0.4, -0.2) is 23.4 Å². The molecule has 0 saturated carbocycles. The molecule has 0 aliphatic carbocycles. The minimum absolute atomic E-state index is 0.0833. The van der Waals surface area contributed by atoms with Crippen molar-refractivity contribution in [2.45, 2.75) is 280 Å². The number of ether oxygens (including phenoxy) is 2. The first kappa shape index (κ1) is 98.0. The van der Waals surface area contributed by atoms with Gasteiger partial charge in [-0.05, 0) is 263 Å². The van der Waals surface area contributed by atoms with Crippen molar-refractivity contribution < 1.29 is 28.5 Å². The molecule has 9 aromatic rings. The van der Waals surface area contributed by atoms with Crippen molar-refractivity contribution in [1.29, 1.82) is 0 Å². The standard InChI is InChI=1S/C14H22O.C13H20.2C11H16O.C11H16.C10H13FO.C10H13F.C10H14.C9H10Cl2/c1-10(2)9-15-13-8-6-7-12(5)14(13)11(3)4;1-5-11-8-7-9-12(6-2)13(11)10(3)4;1-8(2)11-9(3)5-4-6-10(11)7-12;1-4-12-11-8-6-5-7-10(11)9(2)3;1-8(2)11-9(3)6-5-7-10(11)4;1-7(2)10-8(6-12)4-3-5-9(10)11;1-7(2)10-8(3)5-4-6-9(10)11;1-8(2)10-7-5-4-6-9(10)3;1-6(2)9-7(10)4-3-5-8(9)11/h6-8,10-11H,9H2,1-5H3;7-10H,5-6H2,1-4H3;4-6,8,12H,7H2,1-3H3;5-9H,4H2,1-3H3;5-8H,1-4H3;3-5,7,12H,6H2,1-2H3;4-7H,1-3H3;4-8H,1-3H3;3-6H,1-2H3. The second-order valence-corrected chi connectivity index (χ2v) is 31.6. The van der Waals surface area contributed by atoms with Crippen LogP contribution in [0.4, 0.5) is 8.78 Å². The minimum atomic E-state index is -0.225. The fourth-order valence-electron chi connectivity index (χ4n) is 13.5. The Labute approximate surface area is 661 Å². The molecule has 0 radical (unpaired) electrons. The lowest BCUT2D eigenvalue weighted by Gasteiger charge is -2.17. The predicted molar refractivity (Wildman–Crippen MR) is 465 cm³/mol. The Balaban J connectivity index is 0.000000603. The lowest BCUT2D eigenvalue weighted by Crippen LogP contribution is -2.07. The van der Waals surface area contributed by atoms with Crippen LogP contribution in [0, 0.1) is 59.1 Å². The van der Waals surface area contributed by atoms with Gasteiger partial charge in [-0.2, -0.15) is 0 Å². The van der Waals surface area contributed by atoms with Gasteiger partial charge in [0.2, 0.25) is 0 Å². The van der Waals surface area contributed by atoms with Crippen LogP contribution in [-0.2, 0) is 26.1 Å². The van der Waals surface area contributed by atoms with Crippen molar-refractivity contribution in [3.63, 3.8) is 0 Å². The number of halogens is 4. The highest BCUT2D eigenvalue weighted by atomic mass is 35.5. The summed E-state index contributed by atoms with van der Waals surface area (Å²) in [6, 6.07) is 57.9. The molecule has 0 aliphatic heterocycles. The number of aryl methyl sites for hydroxylation is 8. The Morgan fingerprint density at radius 2 is 0.607 bits per heavy atom. The maximum Gasteiger partial charge on any atom is 0.127 e. The molecule has 0 unspecified atom stereocenters. The first-order valence-corrected chi connectivity index (χ1v) is 40.1. The molecule has 8 heteroatoms. The highest BCUT2D eigenvalue weighted by molar-refractivity contribution is 6.36. The predicted octanol–water partition coefficient (Wildman–Crippen LogP) is 30.3. The number of rotatable bonds is 18. The molecule has 4 nitrogen and oxygen atoms in total. The van der Waals surface area contributed by atoms with Crippen molar-refractivity contribution in [3.8, 4) is 11.5 Å². The molecule has 0 bridgehead atoms. The van der Waals surface area contributed by atoms with E-state index in [2.05, 4.69) is 256 Å². The quantitative estimate of drug-likeness (QED) is 0.0899. The van der Waals surface area contributed by atoms with Gasteiger partial charge in [0.15, 0.2) is 0 Å². The number of aliphatic hydroxyl groups is 2. The number of para-hydroxylation sites is 1. The Hall–Kier alpha value is -7.06. The summed E-state index contributed by atoms with van der Waals surface area (Å²) in [7, 11) is 0. The SMILES string of the molecule is CC(C)c1c(Cl)cccc1Cl.CC(C)c1c(F)cccc1CO.CCOc1ccccc1C(C)C.CCc1cccc(CC)c1C(C)C.Cc1cccc(C)c1C(C)C.Cc1cccc(CO)c1C(C)C.Cc1cccc(F)c1C(C)C.Cc1cccc(OCC(C)C)c1C(C)C.Cc1ccccc1C(C)C. The molecule has 0 aromatic heterocycles. The molecule has 0 heterocycles. The second-order valence-electron chi connectivity index (χ2n) is 30.8. The summed E-state index contributed by atoms with van der Waals surface area (Å²) in [5, 5.41) is 19.5. The summed E-state index contributed by atoms with van der Waals surface area (Å²) in [5.74, 6) is 6.63. The first-order valence-electron chi connectivity index (χ1n) is 39.3. The third-order valence-electron chi connectivity index (χ3n) is 18.3. The number of aliphatic hydroxyl groups excluding tert-OH is 2. The molecule has 9 aromatic carbocycles. The van der Waals surface area contributed by atoms with Crippen LogP contribution in [0.5, 0.6) is 11.5 Å². The molecule has 0 spiro atoms. The Bertz CT molecular complexity index is 3680. The van der Waals surface area contributed by atoms with Gasteiger partial charge in [-0.15, -0.1) is 0 Å². The average molecular weight is 1500 g/mol. The molecule has 0 atom stereocenters. The fraction of sp³-hybridized carbons (Fsp3) is 0.455. The molecular weight excluding hydrogens is 1360 g/mol. The molecule has 9 rings (SSSR count). The van der Waals surface area contributed by atoms with E-state index in [4.69, 9.17) is 42.9 Å². The van der Waals surface area contributed by atoms with Crippen LogP contribution < -0.4 is 9.47 Å². The zero-order chi connectivity index (χ0) is 81.4. The van der Waals surface area contributed by atoms with Crippen LogP contribution >= 0.6 is 23.2 Å². The highest BCUT2D eigenvalue weighted by Gasteiger charge is 2.15. The number of hydrogen-bond acceptors (Lipinski definition) is 4. The van der Waals surface area contributed by atoms with Crippen molar-refractivity contribution in [1.82, 2.24) is 0 Å². The summed E-state index contributed by atoms with van der Waals surface area (Å²) >= 11 is 11.9. The number of benzene rings is 9. The van der Waals surface area contributed by atoms with Crippen LogP contribution in [0.25, 0.3) is 0 Å². The van der Waals surface area contributed by atoms with Gasteiger partial charge in [0.05, 0.1) is 26.4 Å². The van der Waals surface area contributed by atoms with Gasteiger partial charge in [-0.25, -0.2) is 8.78 Å². The lowest BCUT2D eigenvalue weighted by molar-refractivity contribution is 0.267. The van der Waals surface area contributed by atoms with Gasteiger partial charge in [0, 0.05) is 10.0 Å². The lowest BCUT2D eigenvalue weighted by atomic mass is 9.90. The Kier molecular flexibility index (Phi) is 47.7. The summed E-state index contributed by atoms with van der Waals surface area (Å²) in [4.78, 5) is 0. The van der Waals surface area contributed by atoms with E-state index in [0.717, 1.165) is 69.9 Å². The van der Waals surface area contributed by atoms with Gasteiger partial charge in [-0.3, -0.25) is 0 Å². The Morgan fingerprint density at radius 3 is 0.953 bits per heavy atom. The summed E-state index contributed by atoms with van der Waals surface area (Å²) < 4.78 is 37.6. The van der Waals surface area contributed by atoms with Gasteiger partial charge in [-0.1, -0.05) is 315 Å². The van der Waals surface area contributed by atoms with Crippen LogP contribution in [0.3, 0.4) is 0 Å². The Morgan fingerprint density at radius 1 is 0.290 bits per heavy atom. The highest BCUT2D eigenvalue weighted by Crippen LogP contribution is 2.33. The molecule has 0 fully saturated rings. The van der Waals surface area contributed by atoms with Gasteiger partial charge in [0.25, 0.3) is 0 Å². The molecule has 107 heavy (non-hydrogen) atoms. The third-order valence-corrected chi connectivity index (χ3v) is 19.0. The van der Waals surface area contributed by atoms with Crippen LogP contribution in [0.1, 0.15) is 318 Å². The molecule has 588 valence electrons. The second kappa shape index (κ2) is 52.1. The van der Waals surface area contributed by atoms with Crippen LogP contribution in [0.15, 0.2) is 176 Å². The first-order chi connectivity index (χ1) is 50.4. The van der Waals surface area contributed by atoms with Crippen molar-refractivity contribution >= 4 is 23.2 Å². The maximum absolute atomic E-state index is 13.2. The topological polar surface area (TPSA) is 58.9 Å². The number of hydrogen-bond donors (Lipinski definition) is 2. The summed E-state index contributed by atoms with van der Waals surface area (Å²) in [6.07, 6.45) is 2.31. The van der Waals surface area contributed by atoms with E-state index in [0.29, 0.717) is 58.5 Å². The van der Waals surface area contributed by atoms with Crippen LogP contribution in [0.2, 0.25) is 10.0 Å². The van der Waals surface area contributed by atoms with E-state index in [1.165, 1.54) is 78.9 Å². The van der Waals surface area contributed by atoms with Gasteiger partial charge >= 0.3 is 0 Å². The van der Waals surface area contributed by atoms with Crippen molar-refractivity contribution in [2.24, 2.45) is 5.92 Å². The molecule has 0 amide bonds.